The van der Waals surface area contributed by atoms with Crippen LogP contribution in [-0.2, 0) is 4.74 Å². The highest BCUT2D eigenvalue weighted by Gasteiger charge is 2.22. The Kier molecular flexibility index (Phi) is 3.66. The van der Waals surface area contributed by atoms with Gasteiger partial charge in [0.15, 0.2) is 0 Å². The molecule has 2 heterocycles. The number of hydrogen-bond acceptors (Lipinski definition) is 5. The van der Waals surface area contributed by atoms with Crippen LogP contribution in [0.15, 0.2) is 0 Å². The number of nitrogens with one attached hydrogen (secondary N) is 1. The van der Waals surface area contributed by atoms with Crippen molar-refractivity contribution < 1.29 is 4.74 Å². The van der Waals surface area contributed by atoms with E-state index in [-0.39, 0.29) is 6.10 Å². The van der Waals surface area contributed by atoms with E-state index in [0.29, 0.717) is 6.04 Å². The minimum absolute atomic E-state index is 0.199. The Labute approximate surface area is 94.1 Å². The first-order valence-electron chi connectivity index (χ1n) is 5.49. The molecule has 2 atom stereocenters. The normalized spacial score (nSPS) is 23.2. The minimum atomic E-state index is 0.199. The van der Waals surface area contributed by atoms with Crippen molar-refractivity contribution in [1.29, 1.82) is 0 Å². The molecule has 0 bridgehead atoms. The first-order chi connectivity index (χ1) is 7.31. The fourth-order valence-corrected chi connectivity index (χ4v) is 2.67. The lowest BCUT2D eigenvalue weighted by molar-refractivity contribution is 0.111. The molecule has 1 aliphatic rings. The first-order valence-corrected chi connectivity index (χ1v) is 6.31. The Bertz CT molecular complexity index is 309. The molecular formula is C10H17N3OS. The second kappa shape index (κ2) is 5.01. The summed E-state index contributed by atoms with van der Waals surface area (Å²) in [6.07, 6.45) is 2.43. The van der Waals surface area contributed by atoms with Gasteiger partial charge in [0.2, 0.25) is 0 Å². The van der Waals surface area contributed by atoms with E-state index in [1.165, 1.54) is 0 Å². The van der Waals surface area contributed by atoms with Crippen molar-refractivity contribution in [3.8, 4) is 0 Å². The van der Waals surface area contributed by atoms with Crippen LogP contribution >= 0.6 is 11.3 Å². The molecular weight excluding hydrogens is 210 g/mol. The summed E-state index contributed by atoms with van der Waals surface area (Å²) in [5, 5.41) is 13.8. The maximum atomic E-state index is 5.58. The topological polar surface area (TPSA) is 47.0 Å². The zero-order valence-corrected chi connectivity index (χ0v) is 10.0. The summed E-state index contributed by atoms with van der Waals surface area (Å²) in [5.74, 6) is 0. The third-order valence-corrected chi connectivity index (χ3v) is 3.74. The molecule has 2 unspecified atom stereocenters. The molecule has 0 saturated carbocycles. The van der Waals surface area contributed by atoms with Crippen LogP contribution in [0.25, 0.3) is 0 Å². The van der Waals surface area contributed by atoms with Crippen molar-refractivity contribution >= 4 is 11.3 Å². The Morgan fingerprint density at radius 3 is 3.13 bits per heavy atom. The van der Waals surface area contributed by atoms with Crippen LogP contribution in [0.1, 0.15) is 48.9 Å². The van der Waals surface area contributed by atoms with E-state index in [9.17, 15) is 0 Å². The summed E-state index contributed by atoms with van der Waals surface area (Å²) in [4.78, 5) is 0. The highest BCUT2D eigenvalue weighted by molar-refractivity contribution is 7.11. The highest BCUT2D eigenvalue weighted by Crippen LogP contribution is 2.31. The van der Waals surface area contributed by atoms with Gasteiger partial charge >= 0.3 is 0 Å². The van der Waals surface area contributed by atoms with Crippen LogP contribution in [0.5, 0.6) is 0 Å². The van der Waals surface area contributed by atoms with Gasteiger partial charge < -0.3 is 10.1 Å². The molecule has 84 valence electrons. The monoisotopic (exact) mass is 227 g/mol. The molecule has 1 saturated heterocycles. The van der Waals surface area contributed by atoms with Gasteiger partial charge in [0, 0.05) is 6.61 Å². The predicted molar refractivity (Wildman–Crippen MR) is 59.9 cm³/mol. The third-order valence-electron chi connectivity index (χ3n) is 2.54. The SMILES string of the molecule is CCNC(C)c1nnc(C2CCCO2)s1. The van der Waals surface area contributed by atoms with E-state index in [0.717, 1.165) is 36.0 Å². The van der Waals surface area contributed by atoms with Gasteiger partial charge in [-0.05, 0) is 26.3 Å². The molecule has 15 heavy (non-hydrogen) atoms. The molecule has 0 radical (unpaired) electrons. The van der Waals surface area contributed by atoms with Crippen molar-refractivity contribution in [2.45, 2.75) is 38.8 Å². The highest BCUT2D eigenvalue weighted by atomic mass is 32.1. The van der Waals surface area contributed by atoms with Crippen molar-refractivity contribution in [2.24, 2.45) is 0 Å². The molecule has 5 heteroatoms. The smallest absolute Gasteiger partial charge is 0.146 e. The van der Waals surface area contributed by atoms with E-state index < -0.39 is 0 Å². The van der Waals surface area contributed by atoms with Crippen LogP contribution < -0.4 is 5.32 Å². The van der Waals surface area contributed by atoms with Crippen LogP contribution in [0.3, 0.4) is 0 Å². The molecule has 0 aromatic carbocycles. The Morgan fingerprint density at radius 1 is 1.60 bits per heavy atom. The molecule has 1 N–H and O–H groups in total. The lowest BCUT2D eigenvalue weighted by Gasteiger charge is -2.07. The maximum absolute atomic E-state index is 5.58. The van der Waals surface area contributed by atoms with Crippen LogP contribution in [0.2, 0.25) is 0 Å². The van der Waals surface area contributed by atoms with Crippen molar-refractivity contribution in [3.05, 3.63) is 10.0 Å². The van der Waals surface area contributed by atoms with Gasteiger partial charge in [0.1, 0.15) is 16.1 Å². The Morgan fingerprint density at radius 2 is 2.47 bits per heavy atom. The molecule has 4 nitrogen and oxygen atoms in total. The summed E-state index contributed by atoms with van der Waals surface area (Å²) in [6, 6.07) is 0.294. The zero-order valence-electron chi connectivity index (χ0n) is 9.19. The molecule has 2 rings (SSSR count). The Balaban J connectivity index is 2.02. The van der Waals surface area contributed by atoms with Gasteiger partial charge in [-0.2, -0.15) is 0 Å². The summed E-state index contributed by atoms with van der Waals surface area (Å²) >= 11 is 1.67. The molecule has 1 aromatic heterocycles. The quantitative estimate of drug-likeness (QED) is 0.855. The molecule has 1 aromatic rings. The van der Waals surface area contributed by atoms with E-state index in [4.69, 9.17) is 4.74 Å². The zero-order chi connectivity index (χ0) is 10.7. The van der Waals surface area contributed by atoms with Gasteiger partial charge in [-0.1, -0.05) is 18.3 Å². The second-order valence-electron chi connectivity index (χ2n) is 3.76. The average molecular weight is 227 g/mol. The number of rotatable bonds is 4. The average Bonchev–Trinajstić information content (AvgIpc) is 2.89. The lowest BCUT2D eigenvalue weighted by Crippen LogP contribution is -2.17. The van der Waals surface area contributed by atoms with Gasteiger partial charge in [-0.25, -0.2) is 0 Å². The van der Waals surface area contributed by atoms with Crippen molar-refractivity contribution in [3.63, 3.8) is 0 Å². The number of ether oxygens (including phenoxy) is 1. The molecule has 0 aliphatic carbocycles. The number of hydrogen-bond donors (Lipinski definition) is 1. The van der Waals surface area contributed by atoms with E-state index in [1.54, 1.807) is 11.3 Å². The molecule has 1 aliphatic heterocycles. The minimum Gasteiger partial charge on any atom is -0.371 e. The van der Waals surface area contributed by atoms with Crippen LogP contribution in [-0.4, -0.2) is 23.3 Å². The third kappa shape index (κ3) is 2.53. The fourth-order valence-electron chi connectivity index (χ4n) is 1.72. The summed E-state index contributed by atoms with van der Waals surface area (Å²) in [6.45, 7) is 6.03. The number of aromatic nitrogens is 2. The van der Waals surface area contributed by atoms with Gasteiger partial charge in [-0.15, -0.1) is 10.2 Å². The van der Waals surface area contributed by atoms with Crippen LogP contribution in [0, 0.1) is 0 Å². The summed E-state index contributed by atoms with van der Waals surface area (Å²) < 4.78 is 5.58. The van der Waals surface area contributed by atoms with Crippen molar-refractivity contribution in [2.75, 3.05) is 13.2 Å². The van der Waals surface area contributed by atoms with Crippen LogP contribution in [0.4, 0.5) is 0 Å². The summed E-state index contributed by atoms with van der Waals surface area (Å²) in [7, 11) is 0. The molecule has 0 amide bonds. The van der Waals surface area contributed by atoms with E-state index in [2.05, 4.69) is 29.4 Å². The second-order valence-corrected chi connectivity index (χ2v) is 4.80. The Hall–Kier alpha value is -0.520. The van der Waals surface area contributed by atoms with Crippen molar-refractivity contribution in [1.82, 2.24) is 15.5 Å². The fraction of sp³-hybridized carbons (Fsp3) is 0.800. The van der Waals surface area contributed by atoms with E-state index >= 15 is 0 Å². The summed E-state index contributed by atoms with van der Waals surface area (Å²) in [5.41, 5.74) is 0. The predicted octanol–water partition coefficient (Wildman–Crippen LogP) is 2.06. The van der Waals surface area contributed by atoms with Gasteiger partial charge in [-0.3, -0.25) is 0 Å². The van der Waals surface area contributed by atoms with E-state index in [1.807, 2.05) is 0 Å². The standard InChI is InChI=1S/C10H17N3OS/c1-3-11-7(2)9-12-13-10(15-9)8-5-4-6-14-8/h7-8,11H,3-6H2,1-2H3. The molecule has 0 spiro atoms. The maximum Gasteiger partial charge on any atom is 0.146 e. The number of nitrogens with zero attached hydrogens (tertiary/aromatic N) is 2. The van der Waals surface area contributed by atoms with Gasteiger partial charge in [0.05, 0.1) is 6.04 Å². The largest absolute Gasteiger partial charge is 0.371 e. The van der Waals surface area contributed by atoms with Gasteiger partial charge in [0.25, 0.3) is 0 Å². The molecule has 1 fully saturated rings. The first kappa shape index (κ1) is 11.0. The lowest BCUT2D eigenvalue weighted by atomic mass is 10.2.